The van der Waals surface area contributed by atoms with Crippen LogP contribution in [-0.4, -0.2) is 47.4 Å². The maximum Gasteiger partial charge on any atom is 0.260 e. The Bertz CT molecular complexity index is 742. The van der Waals surface area contributed by atoms with Gasteiger partial charge in [0.05, 0.1) is 12.6 Å². The number of halogens is 1. The van der Waals surface area contributed by atoms with E-state index in [2.05, 4.69) is 5.16 Å². The summed E-state index contributed by atoms with van der Waals surface area (Å²) < 4.78 is 23.7. The smallest absolute Gasteiger partial charge is 0.260 e. The molecule has 0 unspecified atom stereocenters. The summed E-state index contributed by atoms with van der Waals surface area (Å²) in [4.78, 5) is 14.9. The van der Waals surface area contributed by atoms with Crippen LogP contribution in [0.5, 0.6) is 0 Å². The second kappa shape index (κ2) is 7.33. The molecule has 1 fully saturated rings. The molecular formula is C18H21FN2O4. The maximum absolute atomic E-state index is 13.2. The monoisotopic (exact) mass is 348 g/mol. The summed E-state index contributed by atoms with van der Waals surface area (Å²) in [5.41, 5.74) is 1.09. The van der Waals surface area contributed by atoms with Gasteiger partial charge in [-0.15, -0.1) is 0 Å². The van der Waals surface area contributed by atoms with Gasteiger partial charge in [0.25, 0.3) is 5.91 Å². The van der Waals surface area contributed by atoms with Crippen molar-refractivity contribution in [3.8, 4) is 11.3 Å². The van der Waals surface area contributed by atoms with Crippen molar-refractivity contribution in [3.63, 3.8) is 0 Å². The summed E-state index contributed by atoms with van der Waals surface area (Å²) in [6.07, 6.45) is 0.769. The van der Waals surface area contributed by atoms with Gasteiger partial charge in [-0.25, -0.2) is 4.39 Å². The zero-order valence-electron chi connectivity index (χ0n) is 14.2. The van der Waals surface area contributed by atoms with Crippen molar-refractivity contribution in [2.45, 2.75) is 31.9 Å². The number of hydrogen-bond acceptors (Lipinski definition) is 5. The molecule has 0 spiro atoms. The number of nitrogens with zero attached hydrogens (tertiary/aromatic N) is 2. The van der Waals surface area contributed by atoms with Crippen molar-refractivity contribution < 1.29 is 23.6 Å². The van der Waals surface area contributed by atoms with Crippen molar-refractivity contribution in [2.24, 2.45) is 0 Å². The normalized spacial score (nSPS) is 18.6. The highest BCUT2D eigenvalue weighted by Gasteiger charge is 2.35. The molecule has 0 bridgehead atoms. The molecule has 1 aromatic carbocycles. The molecule has 1 aromatic heterocycles. The molecule has 6 nitrogen and oxygen atoms in total. The van der Waals surface area contributed by atoms with Crippen LogP contribution >= 0.6 is 0 Å². The second-order valence-corrected chi connectivity index (χ2v) is 6.20. The Balaban J connectivity index is 2.02. The van der Waals surface area contributed by atoms with E-state index in [1.54, 1.807) is 12.0 Å². The zero-order valence-corrected chi connectivity index (χ0v) is 14.2. The molecule has 1 amide bonds. The number of aliphatic hydroxyl groups excluding tert-OH is 1. The first-order valence-corrected chi connectivity index (χ1v) is 8.26. The van der Waals surface area contributed by atoms with E-state index >= 15 is 0 Å². The molecule has 7 heteroatoms. The number of likely N-dealkylation sites (tertiary alicyclic amines) is 1. The number of rotatable bonds is 5. The molecule has 2 heterocycles. The van der Waals surface area contributed by atoms with Gasteiger partial charge < -0.3 is 19.3 Å². The molecule has 0 radical (unpaired) electrons. The van der Waals surface area contributed by atoms with Gasteiger partial charge >= 0.3 is 0 Å². The van der Waals surface area contributed by atoms with Gasteiger partial charge in [-0.2, -0.15) is 0 Å². The standard InChI is InChI=1S/C18H21FN2O4/c1-11(22)17-15(18(23)21-9-3-4-14(21)10-24-2)16(20-25-17)12-5-7-13(19)8-6-12/h5-8,11,14,22H,3-4,9-10H2,1-2H3/t11-,14+/m0/s1. The molecule has 1 N–H and O–H groups in total. The Labute approximate surface area is 145 Å². The molecular weight excluding hydrogens is 327 g/mol. The highest BCUT2D eigenvalue weighted by Crippen LogP contribution is 2.32. The molecule has 1 aliphatic rings. The van der Waals surface area contributed by atoms with Gasteiger partial charge in [-0.05, 0) is 44.0 Å². The Hall–Kier alpha value is -2.25. The van der Waals surface area contributed by atoms with Crippen molar-refractivity contribution in [1.29, 1.82) is 0 Å². The number of carbonyl (C=O) groups excluding carboxylic acids is 1. The molecule has 1 aliphatic heterocycles. The van der Waals surface area contributed by atoms with Crippen LogP contribution in [0.15, 0.2) is 28.8 Å². The highest BCUT2D eigenvalue weighted by molar-refractivity contribution is 6.01. The summed E-state index contributed by atoms with van der Waals surface area (Å²) in [6.45, 7) is 2.58. The minimum Gasteiger partial charge on any atom is -0.385 e. The summed E-state index contributed by atoms with van der Waals surface area (Å²) in [5.74, 6) is -0.515. The van der Waals surface area contributed by atoms with Crippen molar-refractivity contribution in [1.82, 2.24) is 10.1 Å². The average molecular weight is 348 g/mol. The number of hydrogen-bond donors (Lipinski definition) is 1. The minimum atomic E-state index is -0.982. The third-order valence-electron chi connectivity index (χ3n) is 4.43. The van der Waals surface area contributed by atoms with Crippen LogP contribution in [-0.2, 0) is 4.74 Å². The van der Waals surface area contributed by atoms with Gasteiger partial charge in [0, 0.05) is 19.2 Å². The lowest BCUT2D eigenvalue weighted by atomic mass is 10.0. The van der Waals surface area contributed by atoms with Crippen molar-refractivity contribution in [2.75, 3.05) is 20.3 Å². The third-order valence-corrected chi connectivity index (χ3v) is 4.43. The number of ether oxygens (including phenoxy) is 1. The molecule has 0 aliphatic carbocycles. The molecule has 0 saturated carbocycles. The van der Waals surface area contributed by atoms with E-state index < -0.39 is 6.10 Å². The number of carbonyl (C=O) groups is 1. The Kier molecular flexibility index (Phi) is 5.15. The van der Waals surface area contributed by atoms with E-state index in [1.807, 2.05) is 0 Å². The van der Waals surface area contributed by atoms with Crippen molar-refractivity contribution >= 4 is 5.91 Å². The van der Waals surface area contributed by atoms with Crippen LogP contribution in [0.25, 0.3) is 11.3 Å². The fraction of sp³-hybridized carbons (Fsp3) is 0.444. The Morgan fingerprint density at radius 1 is 1.48 bits per heavy atom. The van der Waals surface area contributed by atoms with Gasteiger partial charge in [-0.3, -0.25) is 4.79 Å². The lowest BCUT2D eigenvalue weighted by Gasteiger charge is -2.24. The molecule has 2 aromatic rings. The first kappa shape index (κ1) is 17.6. The van der Waals surface area contributed by atoms with E-state index in [0.29, 0.717) is 24.4 Å². The van der Waals surface area contributed by atoms with Gasteiger partial charge in [0.2, 0.25) is 0 Å². The summed E-state index contributed by atoms with van der Waals surface area (Å²) in [6, 6.07) is 5.64. The fourth-order valence-corrected chi connectivity index (χ4v) is 3.21. The van der Waals surface area contributed by atoms with E-state index in [4.69, 9.17) is 9.26 Å². The Morgan fingerprint density at radius 3 is 2.84 bits per heavy atom. The number of aliphatic hydroxyl groups is 1. The number of methoxy groups -OCH3 is 1. The van der Waals surface area contributed by atoms with Crippen LogP contribution in [0.4, 0.5) is 4.39 Å². The van der Waals surface area contributed by atoms with Gasteiger partial charge in [0.1, 0.15) is 23.2 Å². The van der Waals surface area contributed by atoms with E-state index in [0.717, 1.165) is 12.8 Å². The quantitative estimate of drug-likeness (QED) is 0.899. The summed E-state index contributed by atoms with van der Waals surface area (Å²) >= 11 is 0. The lowest BCUT2D eigenvalue weighted by molar-refractivity contribution is 0.0621. The highest BCUT2D eigenvalue weighted by atomic mass is 19.1. The molecule has 134 valence electrons. The molecule has 25 heavy (non-hydrogen) atoms. The number of amides is 1. The third kappa shape index (κ3) is 3.43. The first-order valence-electron chi connectivity index (χ1n) is 8.26. The van der Waals surface area contributed by atoms with Gasteiger partial charge in [-0.1, -0.05) is 5.16 Å². The fourth-order valence-electron chi connectivity index (χ4n) is 3.21. The molecule has 1 saturated heterocycles. The number of benzene rings is 1. The summed E-state index contributed by atoms with van der Waals surface area (Å²) in [5, 5.41) is 13.9. The van der Waals surface area contributed by atoms with E-state index in [-0.39, 0.29) is 29.1 Å². The van der Waals surface area contributed by atoms with Crippen LogP contribution < -0.4 is 0 Å². The average Bonchev–Trinajstić information content (AvgIpc) is 3.22. The maximum atomic E-state index is 13.2. The van der Waals surface area contributed by atoms with Crippen LogP contribution in [0.1, 0.15) is 42.0 Å². The van der Waals surface area contributed by atoms with E-state index in [1.165, 1.54) is 31.2 Å². The molecule has 3 rings (SSSR count). The summed E-state index contributed by atoms with van der Waals surface area (Å²) in [7, 11) is 1.60. The second-order valence-electron chi connectivity index (χ2n) is 6.20. The predicted molar refractivity (Wildman–Crippen MR) is 88.5 cm³/mol. The van der Waals surface area contributed by atoms with E-state index in [9.17, 15) is 14.3 Å². The van der Waals surface area contributed by atoms with Crippen LogP contribution in [0, 0.1) is 5.82 Å². The minimum absolute atomic E-state index is 0.0182. The van der Waals surface area contributed by atoms with Crippen LogP contribution in [0.2, 0.25) is 0 Å². The predicted octanol–water partition coefficient (Wildman–Crippen LogP) is 2.79. The van der Waals surface area contributed by atoms with Gasteiger partial charge in [0.15, 0.2) is 5.76 Å². The SMILES string of the molecule is COC[C@H]1CCCN1C(=O)c1c(-c2ccc(F)cc2)noc1[C@H](C)O. The molecule has 2 atom stereocenters. The van der Waals surface area contributed by atoms with Crippen molar-refractivity contribution in [3.05, 3.63) is 41.4 Å². The lowest BCUT2D eigenvalue weighted by Crippen LogP contribution is -2.38. The Morgan fingerprint density at radius 2 is 2.20 bits per heavy atom. The first-order chi connectivity index (χ1) is 12.0. The number of aromatic nitrogens is 1. The largest absolute Gasteiger partial charge is 0.385 e. The topological polar surface area (TPSA) is 75.8 Å². The van der Waals surface area contributed by atoms with Crippen LogP contribution in [0.3, 0.4) is 0 Å². The zero-order chi connectivity index (χ0) is 18.0.